The summed E-state index contributed by atoms with van der Waals surface area (Å²) < 4.78 is 17.0. The highest BCUT2D eigenvalue weighted by Crippen LogP contribution is 2.63. The van der Waals surface area contributed by atoms with Crippen LogP contribution in [0.2, 0.25) is 0 Å². The number of hydrogen-bond donors (Lipinski definition) is 0. The van der Waals surface area contributed by atoms with Crippen molar-refractivity contribution in [3.63, 3.8) is 0 Å². The molecule has 10 rings (SSSR count). The van der Waals surface area contributed by atoms with Crippen molar-refractivity contribution in [3.8, 4) is 28.7 Å². The fourth-order valence-corrected chi connectivity index (χ4v) is 11.5. The van der Waals surface area contributed by atoms with Crippen molar-refractivity contribution in [1.82, 2.24) is 4.57 Å². The summed E-state index contributed by atoms with van der Waals surface area (Å²) in [6.45, 7) is 20.6. The third-order valence-electron chi connectivity index (χ3n) is 11.3. The summed E-state index contributed by atoms with van der Waals surface area (Å²) >= 11 is 0. The Morgan fingerprint density at radius 2 is 0.943 bits per heavy atom. The molecule has 4 heterocycles. The molecule has 264 valence electrons. The van der Waals surface area contributed by atoms with Crippen LogP contribution in [0.5, 0.6) is 23.0 Å². The van der Waals surface area contributed by atoms with E-state index < -0.39 is 7.92 Å². The number of ether oxygens (including phenoxy) is 2. The van der Waals surface area contributed by atoms with Crippen molar-refractivity contribution in [3.05, 3.63) is 126 Å². The maximum Gasteiger partial charge on any atom is 0.141 e. The van der Waals surface area contributed by atoms with Crippen LogP contribution < -0.4 is 30.3 Å². The van der Waals surface area contributed by atoms with Crippen LogP contribution in [0.15, 0.2) is 109 Å². The molecule has 7 aromatic rings. The second kappa shape index (κ2) is 10.8. The molecule has 1 aromatic heterocycles. The average molecular weight is 713 g/mol. The van der Waals surface area contributed by atoms with Gasteiger partial charge >= 0.3 is 0 Å². The number of hydrogen-bond acceptors (Lipinski definition) is 3. The number of nitrogens with zero attached hydrogens (tertiary/aromatic N) is 2. The molecule has 0 fully saturated rings. The molecule has 0 radical (unpaired) electrons. The lowest BCUT2D eigenvalue weighted by atomic mass is 9.85. The van der Waals surface area contributed by atoms with Crippen LogP contribution >= 0.6 is 7.92 Å². The van der Waals surface area contributed by atoms with Crippen molar-refractivity contribution in [2.24, 2.45) is 0 Å². The lowest BCUT2D eigenvalue weighted by molar-refractivity contribution is 0.442. The summed E-state index contributed by atoms with van der Waals surface area (Å²) in [4.78, 5) is 2.46. The maximum atomic E-state index is 7.31. The predicted molar refractivity (Wildman–Crippen MR) is 224 cm³/mol. The van der Waals surface area contributed by atoms with E-state index in [1.54, 1.807) is 0 Å². The van der Waals surface area contributed by atoms with Gasteiger partial charge in [-0.25, -0.2) is 0 Å². The van der Waals surface area contributed by atoms with Crippen LogP contribution in [0, 0.1) is 0 Å². The summed E-state index contributed by atoms with van der Waals surface area (Å²) in [6, 6.07) is 40.3. The second-order valence-electron chi connectivity index (χ2n) is 18.0. The minimum Gasteiger partial charge on any atom is -0.455 e. The van der Waals surface area contributed by atoms with Gasteiger partial charge in [0.1, 0.15) is 23.0 Å². The normalized spacial score (nSPS) is 14.7. The minimum absolute atomic E-state index is 0.0651. The smallest absolute Gasteiger partial charge is 0.141 e. The van der Waals surface area contributed by atoms with E-state index in [9.17, 15) is 0 Å². The van der Waals surface area contributed by atoms with E-state index in [-0.39, 0.29) is 16.2 Å². The van der Waals surface area contributed by atoms with Crippen molar-refractivity contribution < 1.29 is 9.47 Å². The van der Waals surface area contributed by atoms with Gasteiger partial charge in [-0.2, -0.15) is 0 Å². The van der Waals surface area contributed by atoms with Gasteiger partial charge in [-0.1, -0.05) is 123 Å². The Labute approximate surface area is 313 Å². The number of rotatable bonds is 2. The Bertz CT molecular complexity index is 2530. The van der Waals surface area contributed by atoms with Gasteiger partial charge in [0.25, 0.3) is 0 Å². The van der Waals surface area contributed by atoms with Gasteiger partial charge in [-0.3, -0.25) is 0 Å². The highest BCUT2D eigenvalue weighted by atomic mass is 31.1. The largest absolute Gasteiger partial charge is 0.455 e. The van der Waals surface area contributed by atoms with E-state index in [1.807, 2.05) is 0 Å². The van der Waals surface area contributed by atoms with Crippen LogP contribution in [-0.4, -0.2) is 4.57 Å². The first-order valence-electron chi connectivity index (χ1n) is 18.8. The first kappa shape index (κ1) is 32.6. The third kappa shape index (κ3) is 4.64. The molecule has 0 amide bonds. The molecular formula is C48H45N2O2P. The monoisotopic (exact) mass is 712 g/mol. The molecule has 5 heteroatoms. The highest BCUT2D eigenvalue weighted by molar-refractivity contribution is 7.81. The summed E-state index contributed by atoms with van der Waals surface area (Å²) in [5.41, 5.74) is 10.5. The molecule has 0 N–H and O–H groups in total. The molecule has 53 heavy (non-hydrogen) atoms. The molecule has 6 aromatic carbocycles. The summed E-state index contributed by atoms with van der Waals surface area (Å²) in [5, 5.41) is 6.21. The van der Waals surface area contributed by atoms with Crippen molar-refractivity contribution in [1.29, 1.82) is 0 Å². The van der Waals surface area contributed by atoms with E-state index in [2.05, 4.69) is 181 Å². The third-order valence-corrected chi connectivity index (χ3v) is 13.9. The molecular weight excluding hydrogens is 668 g/mol. The van der Waals surface area contributed by atoms with Gasteiger partial charge in [-0.05, 0) is 58.2 Å². The summed E-state index contributed by atoms with van der Waals surface area (Å²) in [6.07, 6.45) is 0. The number of para-hydroxylation sites is 2. The van der Waals surface area contributed by atoms with E-state index in [1.165, 1.54) is 65.8 Å². The van der Waals surface area contributed by atoms with Crippen molar-refractivity contribution >= 4 is 62.7 Å². The van der Waals surface area contributed by atoms with Gasteiger partial charge in [0, 0.05) is 47.6 Å². The van der Waals surface area contributed by atoms with Crippen LogP contribution in [0.25, 0.3) is 27.5 Å². The van der Waals surface area contributed by atoms with Gasteiger partial charge in [0.15, 0.2) is 0 Å². The fraction of sp³-hybridized carbons (Fsp3) is 0.250. The predicted octanol–water partition coefficient (Wildman–Crippen LogP) is 12.4. The van der Waals surface area contributed by atoms with E-state index in [0.717, 1.165) is 34.4 Å². The zero-order valence-corrected chi connectivity index (χ0v) is 32.9. The van der Waals surface area contributed by atoms with E-state index in [4.69, 9.17) is 9.47 Å². The number of fused-ring (bicyclic) bond motifs is 3. The molecule has 0 saturated carbocycles. The Morgan fingerprint density at radius 1 is 0.472 bits per heavy atom. The molecule has 0 aliphatic carbocycles. The lowest BCUT2D eigenvalue weighted by Gasteiger charge is -2.46. The quantitative estimate of drug-likeness (QED) is 0.167. The summed E-state index contributed by atoms with van der Waals surface area (Å²) in [5.74, 6) is 3.77. The van der Waals surface area contributed by atoms with E-state index >= 15 is 0 Å². The van der Waals surface area contributed by atoms with Crippen LogP contribution in [-0.2, 0) is 16.2 Å². The molecule has 3 aliphatic rings. The van der Waals surface area contributed by atoms with Crippen LogP contribution in [0.1, 0.15) is 79.0 Å². The van der Waals surface area contributed by atoms with Crippen molar-refractivity contribution in [2.75, 3.05) is 4.90 Å². The van der Waals surface area contributed by atoms with Gasteiger partial charge in [-0.15, -0.1) is 0 Å². The summed E-state index contributed by atoms with van der Waals surface area (Å²) in [7, 11) is -1.01. The second-order valence-corrected chi connectivity index (χ2v) is 20.0. The number of benzene rings is 6. The molecule has 0 spiro atoms. The maximum absolute atomic E-state index is 7.31. The fourth-order valence-electron chi connectivity index (χ4n) is 8.65. The molecule has 0 saturated heterocycles. The topological polar surface area (TPSA) is 26.6 Å². The average Bonchev–Trinajstić information content (AvgIpc) is 3.44. The standard InChI is InChI=1S/C48H45N2O2P/c1-46(2,3)28-18-20-29(21-19-28)49-37-24-22-33(47(4,5)6)41-43(37)53-44-38(49)25-23-34(48(7,8)9)42(44)52-40-27-30(26-39(51-41)45(40)53)50-35-16-12-10-14-31(35)32-15-11-13-17-36(32)50/h10-27H,1-9H3. The Hall–Kier alpha value is -5.05. The molecule has 0 unspecified atom stereocenters. The SMILES string of the molecule is CC(C)(C)c1ccc(N2c3ccc(C(C)(C)C)c4c3P3c5c(cc(-n6c7ccccc7c7ccccc76)cc5Oc5c(C(C)(C)C)ccc2c53)O4)cc1. The van der Waals surface area contributed by atoms with Crippen molar-refractivity contribution in [2.45, 2.75) is 78.6 Å². The van der Waals surface area contributed by atoms with Crippen LogP contribution in [0.4, 0.5) is 17.1 Å². The molecule has 4 nitrogen and oxygen atoms in total. The van der Waals surface area contributed by atoms with Crippen LogP contribution in [0.3, 0.4) is 0 Å². The zero-order valence-electron chi connectivity index (χ0n) is 32.1. The van der Waals surface area contributed by atoms with Gasteiger partial charge in [0.2, 0.25) is 0 Å². The molecule has 3 aliphatic heterocycles. The first-order chi connectivity index (χ1) is 25.2. The first-order valence-corrected chi connectivity index (χ1v) is 20.1. The van der Waals surface area contributed by atoms with Gasteiger partial charge in [0.05, 0.1) is 44.0 Å². The Balaban J connectivity index is 1.29. The molecule has 0 atom stereocenters. The number of anilines is 3. The highest BCUT2D eigenvalue weighted by Gasteiger charge is 2.48. The zero-order chi connectivity index (χ0) is 36.8. The Kier molecular flexibility index (Phi) is 6.62. The molecule has 0 bridgehead atoms. The number of aromatic nitrogens is 1. The van der Waals surface area contributed by atoms with E-state index in [0.29, 0.717) is 0 Å². The Morgan fingerprint density at radius 3 is 1.40 bits per heavy atom. The van der Waals surface area contributed by atoms with Gasteiger partial charge < -0.3 is 18.9 Å². The minimum atomic E-state index is -1.01. The lowest BCUT2D eigenvalue weighted by Crippen LogP contribution is -2.41.